The first kappa shape index (κ1) is 10.2. The second kappa shape index (κ2) is 5.56. The molecule has 1 aliphatic rings. The first-order chi connectivity index (χ1) is 7.45. The molecule has 1 aromatic carbocycles. The molecule has 0 aliphatic carbocycles. The first-order valence-corrected chi connectivity index (χ1v) is 5.61. The summed E-state index contributed by atoms with van der Waals surface area (Å²) in [6.45, 7) is 3.18. The molecule has 1 aromatic rings. The van der Waals surface area contributed by atoms with Crippen LogP contribution in [0.1, 0.15) is 18.4 Å². The summed E-state index contributed by atoms with van der Waals surface area (Å²) in [5, 5.41) is 6.74. The van der Waals surface area contributed by atoms with Gasteiger partial charge in [-0.05, 0) is 37.7 Å². The molecule has 0 unspecified atom stereocenters. The Kier molecular flexibility index (Phi) is 3.80. The fraction of sp³-hybridized carbons (Fsp3) is 0.385. The lowest BCUT2D eigenvalue weighted by molar-refractivity contribution is 0.603. The van der Waals surface area contributed by atoms with Crippen LogP contribution in [0.3, 0.4) is 0 Å². The fourth-order valence-electron chi connectivity index (χ4n) is 1.80. The van der Waals surface area contributed by atoms with Gasteiger partial charge in [-0.25, -0.2) is 0 Å². The summed E-state index contributed by atoms with van der Waals surface area (Å²) in [6, 6.07) is 10.5. The summed E-state index contributed by atoms with van der Waals surface area (Å²) in [7, 11) is 0. The molecule has 2 heteroatoms. The van der Waals surface area contributed by atoms with Crippen molar-refractivity contribution in [3.05, 3.63) is 47.7 Å². The highest BCUT2D eigenvalue weighted by Gasteiger charge is 2.02. The average molecular weight is 202 g/mol. The molecular formula is C13H18N2. The highest BCUT2D eigenvalue weighted by Crippen LogP contribution is 2.08. The molecule has 0 saturated carbocycles. The summed E-state index contributed by atoms with van der Waals surface area (Å²) < 4.78 is 0. The minimum atomic E-state index is 0.928. The third-order valence-electron chi connectivity index (χ3n) is 2.70. The van der Waals surface area contributed by atoms with Crippen molar-refractivity contribution in [2.45, 2.75) is 19.4 Å². The van der Waals surface area contributed by atoms with E-state index in [1.54, 1.807) is 0 Å². The lowest BCUT2D eigenvalue weighted by atomic mass is 10.1. The first-order valence-electron chi connectivity index (χ1n) is 5.61. The molecule has 0 bridgehead atoms. The molecule has 80 valence electrons. The van der Waals surface area contributed by atoms with E-state index in [1.807, 2.05) is 0 Å². The SMILES string of the molecule is C(NCc1ccccc1)=C1CCNCC1. The maximum Gasteiger partial charge on any atom is 0.0395 e. The van der Waals surface area contributed by atoms with Gasteiger partial charge < -0.3 is 10.6 Å². The molecule has 2 N–H and O–H groups in total. The summed E-state index contributed by atoms with van der Waals surface area (Å²) in [5.41, 5.74) is 2.87. The van der Waals surface area contributed by atoms with E-state index in [0.29, 0.717) is 0 Å². The van der Waals surface area contributed by atoms with Crippen molar-refractivity contribution in [3.8, 4) is 0 Å². The molecule has 2 nitrogen and oxygen atoms in total. The lowest BCUT2D eigenvalue weighted by Gasteiger charge is -2.15. The van der Waals surface area contributed by atoms with Crippen molar-refractivity contribution in [2.75, 3.05) is 13.1 Å². The molecule has 2 rings (SSSR count). The standard InChI is InChI=1S/C13H18N2/c1-2-4-12(5-3-1)10-15-11-13-6-8-14-9-7-13/h1-5,11,14-15H,6-10H2. The van der Waals surface area contributed by atoms with Crippen LogP contribution in [0, 0.1) is 0 Å². The monoisotopic (exact) mass is 202 g/mol. The maximum absolute atomic E-state index is 3.38. The normalized spacial score (nSPS) is 16.1. The fourth-order valence-corrected chi connectivity index (χ4v) is 1.80. The van der Waals surface area contributed by atoms with Crippen molar-refractivity contribution in [1.29, 1.82) is 0 Å². The molecule has 1 fully saturated rings. The molecule has 1 aliphatic heterocycles. The van der Waals surface area contributed by atoms with Crippen molar-refractivity contribution >= 4 is 0 Å². The molecular weight excluding hydrogens is 184 g/mol. The Morgan fingerprint density at radius 2 is 1.87 bits per heavy atom. The van der Waals surface area contributed by atoms with Crippen molar-refractivity contribution < 1.29 is 0 Å². The van der Waals surface area contributed by atoms with E-state index in [9.17, 15) is 0 Å². The van der Waals surface area contributed by atoms with Gasteiger partial charge in [0.2, 0.25) is 0 Å². The van der Waals surface area contributed by atoms with E-state index in [4.69, 9.17) is 0 Å². The molecule has 0 radical (unpaired) electrons. The quantitative estimate of drug-likeness (QED) is 0.784. The van der Waals surface area contributed by atoms with Crippen LogP contribution >= 0.6 is 0 Å². The van der Waals surface area contributed by atoms with E-state index >= 15 is 0 Å². The van der Waals surface area contributed by atoms with Crippen LogP contribution < -0.4 is 10.6 Å². The average Bonchev–Trinajstić information content (AvgIpc) is 2.32. The van der Waals surface area contributed by atoms with Gasteiger partial charge in [0, 0.05) is 6.54 Å². The zero-order chi connectivity index (χ0) is 10.3. The molecule has 0 amide bonds. The third-order valence-corrected chi connectivity index (χ3v) is 2.70. The molecule has 1 heterocycles. The third kappa shape index (κ3) is 3.40. The van der Waals surface area contributed by atoms with Gasteiger partial charge in [-0.3, -0.25) is 0 Å². The van der Waals surface area contributed by atoms with E-state index < -0.39 is 0 Å². The Bertz CT molecular complexity index is 309. The van der Waals surface area contributed by atoms with E-state index in [1.165, 1.54) is 24.0 Å². The summed E-state index contributed by atoms with van der Waals surface area (Å²) >= 11 is 0. The van der Waals surface area contributed by atoms with Crippen LogP contribution in [-0.4, -0.2) is 13.1 Å². The van der Waals surface area contributed by atoms with Gasteiger partial charge in [0.05, 0.1) is 0 Å². The zero-order valence-corrected chi connectivity index (χ0v) is 9.00. The van der Waals surface area contributed by atoms with Crippen LogP contribution in [0.2, 0.25) is 0 Å². The second-order valence-electron chi connectivity index (χ2n) is 3.92. The molecule has 0 aromatic heterocycles. The molecule has 1 saturated heterocycles. The summed E-state index contributed by atoms with van der Waals surface area (Å²) in [4.78, 5) is 0. The highest BCUT2D eigenvalue weighted by atomic mass is 14.9. The minimum absolute atomic E-state index is 0.928. The highest BCUT2D eigenvalue weighted by molar-refractivity contribution is 5.15. The largest absolute Gasteiger partial charge is 0.387 e. The minimum Gasteiger partial charge on any atom is -0.387 e. The predicted octanol–water partition coefficient (Wildman–Crippen LogP) is 2.04. The Morgan fingerprint density at radius 3 is 2.60 bits per heavy atom. The van der Waals surface area contributed by atoms with E-state index in [2.05, 4.69) is 47.2 Å². The Balaban J connectivity index is 1.78. The Labute approximate surface area is 91.4 Å². The number of hydrogen-bond acceptors (Lipinski definition) is 2. The number of hydrogen-bond donors (Lipinski definition) is 2. The lowest BCUT2D eigenvalue weighted by Crippen LogP contribution is -2.24. The summed E-state index contributed by atoms with van der Waals surface area (Å²) in [5.74, 6) is 0. The number of nitrogens with one attached hydrogen (secondary N) is 2. The zero-order valence-electron chi connectivity index (χ0n) is 9.00. The van der Waals surface area contributed by atoms with Gasteiger partial charge in [-0.15, -0.1) is 0 Å². The number of rotatable bonds is 3. The smallest absolute Gasteiger partial charge is 0.0395 e. The van der Waals surface area contributed by atoms with Crippen molar-refractivity contribution in [1.82, 2.24) is 10.6 Å². The van der Waals surface area contributed by atoms with Crippen LogP contribution in [-0.2, 0) is 6.54 Å². The van der Waals surface area contributed by atoms with Gasteiger partial charge in [0.1, 0.15) is 0 Å². The van der Waals surface area contributed by atoms with Gasteiger partial charge >= 0.3 is 0 Å². The Hall–Kier alpha value is -1.28. The van der Waals surface area contributed by atoms with Gasteiger partial charge in [0.25, 0.3) is 0 Å². The van der Waals surface area contributed by atoms with Crippen molar-refractivity contribution in [2.24, 2.45) is 0 Å². The van der Waals surface area contributed by atoms with E-state index in [0.717, 1.165) is 19.6 Å². The van der Waals surface area contributed by atoms with Crippen LogP contribution in [0.15, 0.2) is 42.1 Å². The maximum atomic E-state index is 3.38. The van der Waals surface area contributed by atoms with Gasteiger partial charge in [-0.2, -0.15) is 0 Å². The topological polar surface area (TPSA) is 24.1 Å². The Morgan fingerprint density at radius 1 is 1.13 bits per heavy atom. The molecule has 15 heavy (non-hydrogen) atoms. The van der Waals surface area contributed by atoms with Gasteiger partial charge in [0.15, 0.2) is 0 Å². The number of benzene rings is 1. The van der Waals surface area contributed by atoms with E-state index in [-0.39, 0.29) is 0 Å². The molecule has 0 spiro atoms. The number of piperidine rings is 1. The van der Waals surface area contributed by atoms with Crippen LogP contribution in [0.25, 0.3) is 0 Å². The van der Waals surface area contributed by atoms with Crippen LogP contribution in [0.4, 0.5) is 0 Å². The second-order valence-corrected chi connectivity index (χ2v) is 3.92. The molecule has 0 atom stereocenters. The predicted molar refractivity (Wildman–Crippen MR) is 63.5 cm³/mol. The summed E-state index contributed by atoms with van der Waals surface area (Å²) in [6.07, 6.45) is 4.55. The van der Waals surface area contributed by atoms with Gasteiger partial charge in [-0.1, -0.05) is 35.9 Å². The van der Waals surface area contributed by atoms with Crippen molar-refractivity contribution in [3.63, 3.8) is 0 Å². The van der Waals surface area contributed by atoms with Crippen LogP contribution in [0.5, 0.6) is 0 Å².